The summed E-state index contributed by atoms with van der Waals surface area (Å²) in [4.78, 5) is 27.2. The molecule has 1 fully saturated rings. The minimum absolute atomic E-state index is 0.137. The predicted octanol–water partition coefficient (Wildman–Crippen LogP) is 2.15. The van der Waals surface area contributed by atoms with Gasteiger partial charge in [-0.3, -0.25) is 14.5 Å². The Hall–Kier alpha value is -4.08. The molecule has 1 saturated heterocycles. The standard InChI is InChI=1S/C21H21N9O/c1-28-8-4-16(20(28)31)14-11-15(13-22-12-14)17-5-10-30(26-17)19-3-7-23-21(25-19)24-18-6-9-29(2)27-18/h3,5-7,9-13,16H,4,8H2,1-2H3,(H,23,24,25,27). The number of anilines is 2. The summed E-state index contributed by atoms with van der Waals surface area (Å²) >= 11 is 0. The van der Waals surface area contributed by atoms with Crippen molar-refractivity contribution in [1.29, 1.82) is 0 Å². The van der Waals surface area contributed by atoms with Gasteiger partial charge in [0.05, 0.1) is 11.6 Å². The molecule has 1 aliphatic rings. The SMILES string of the molecule is CN1CCC(c2cncc(-c3ccn(-c4ccnc(Nc5ccn(C)n5)n4)n3)c2)C1=O. The third-order valence-electron chi connectivity index (χ3n) is 5.30. The maximum atomic E-state index is 12.4. The first-order valence-electron chi connectivity index (χ1n) is 9.93. The molecule has 1 aliphatic heterocycles. The predicted molar refractivity (Wildman–Crippen MR) is 114 cm³/mol. The molecule has 0 aliphatic carbocycles. The van der Waals surface area contributed by atoms with Crippen molar-refractivity contribution in [3.05, 3.63) is 60.8 Å². The summed E-state index contributed by atoms with van der Waals surface area (Å²) in [5.74, 6) is 1.72. The molecule has 0 saturated carbocycles. The van der Waals surface area contributed by atoms with Crippen LogP contribution in [0, 0.1) is 0 Å². The van der Waals surface area contributed by atoms with E-state index >= 15 is 0 Å². The van der Waals surface area contributed by atoms with Crippen LogP contribution in [0.15, 0.2) is 55.2 Å². The maximum absolute atomic E-state index is 12.4. The van der Waals surface area contributed by atoms with Crippen LogP contribution in [0.4, 0.5) is 11.8 Å². The highest BCUT2D eigenvalue weighted by Crippen LogP contribution is 2.29. The number of hydrogen-bond donors (Lipinski definition) is 1. The van der Waals surface area contributed by atoms with Crippen molar-refractivity contribution in [3.8, 4) is 17.1 Å². The van der Waals surface area contributed by atoms with Crippen molar-refractivity contribution in [2.24, 2.45) is 7.05 Å². The molecule has 156 valence electrons. The van der Waals surface area contributed by atoms with E-state index in [0.29, 0.717) is 17.6 Å². The lowest BCUT2D eigenvalue weighted by molar-refractivity contribution is -0.127. The van der Waals surface area contributed by atoms with Crippen molar-refractivity contribution in [2.45, 2.75) is 12.3 Å². The molecular weight excluding hydrogens is 394 g/mol. The Bertz CT molecular complexity index is 1240. The lowest BCUT2D eigenvalue weighted by Crippen LogP contribution is -2.21. The summed E-state index contributed by atoms with van der Waals surface area (Å²) in [5, 5.41) is 12.0. The largest absolute Gasteiger partial charge is 0.345 e. The van der Waals surface area contributed by atoms with Gasteiger partial charge in [-0.15, -0.1) is 0 Å². The molecule has 1 amide bonds. The van der Waals surface area contributed by atoms with E-state index < -0.39 is 0 Å². The maximum Gasteiger partial charge on any atom is 0.230 e. The zero-order chi connectivity index (χ0) is 21.4. The smallest absolute Gasteiger partial charge is 0.230 e. The molecule has 10 nitrogen and oxygen atoms in total. The molecule has 1 unspecified atom stereocenters. The van der Waals surface area contributed by atoms with Gasteiger partial charge in [-0.25, -0.2) is 9.67 Å². The lowest BCUT2D eigenvalue weighted by atomic mass is 9.98. The number of hydrogen-bond acceptors (Lipinski definition) is 7. The molecule has 10 heteroatoms. The summed E-state index contributed by atoms with van der Waals surface area (Å²) in [5.41, 5.74) is 2.54. The Balaban J connectivity index is 1.39. The second-order valence-corrected chi connectivity index (χ2v) is 7.49. The summed E-state index contributed by atoms with van der Waals surface area (Å²) in [7, 11) is 3.68. The highest BCUT2D eigenvalue weighted by atomic mass is 16.2. The second-order valence-electron chi connectivity index (χ2n) is 7.49. The van der Waals surface area contributed by atoms with E-state index in [9.17, 15) is 4.79 Å². The Labute approximate surface area is 178 Å². The van der Waals surface area contributed by atoms with Gasteiger partial charge in [0.1, 0.15) is 0 Å². The molecule has 1 atom stereocenters. The molecule has 5 heterocycles. The molecule has 0 bridgehead atoms. The first-order chi connectivity index (χ1) is 15.1. The molecule has 5 rings (SSSR count). The van der Waals surface area contributed by atoms with Gasteiger partial charge in [-0.1, -0.05) is 0 Å². The van der Waals surface area contributed by atoms with Crippen LogP contribution in [0.2, 0.25) is 0 Å². The number of amides is 1. The van der Waals surface area contributed by atoms with E-state index in [1.165, 1.54) is 0 Å². The number of carbonyl (C=O) groups excluding carboxylic acids is 1. The summed E-state index contributed by atoms with van der Waals surface area (Å²) in [6, 6.07) is 7.52. The van der Waals surface area contributed by atoms with Crippen LogP contribution in [-0.2, 0) is 11.8 Å². The highest BCUT2D eigenvalue weighted by molar-refractivity contribution is 5.85. The molecule has 31 heavy (non-hydrogen) atoms. The third kappa shape index (κ3) is 3.75. The Morgan fingerprint density at radius 3 is 2.77 bits per heavy atom. The number of nitrogens with one attached hydrogen (secondary N) is 1. The minimum atomic E-state index is -0.137. The van der Waals surface area contributed by atoms with Gasteiger partial charge in [0.2, 0.25) is 11.9 Å². The minimum Gasteiger partial charge on any atom is -0.345 e. The van der Waals surface area contributed by atoms with Gasteiger partial charge in [0.15, 0.2) is 11.6 Å². The van der Waals surface area contributed by atoms with Gasteiger partial charge in [-0.05, 0) is 24.1 Å². The van der Waals surface area contributed by atoms with Gasteiger partial charge in [-0.2, -0.15) is 15.2 Å². The molecule has 0 radical (unpaired) electrons. The van der Waals surface area contributed by atoms with Crippen molar-refractivity contribution in [3.63, 3.8) is 0 Å². The third-order valence-corrected chi connectivity index (χ3v) is 5.30. The van der Waals surface area contributed by atoms with E-state index in [2.05, 4.69) is 30.5 Å². The number of aryl methyl sites for hydroxylation is 1. The Morgan fingerprint density at radius 2 is 2.00 bits per heavy atom. The summed E-state index contributed by atoms with van der Waals surface area (Å²) in [6.07, 6.45) is 9.67. The fourth-order valence-corrected chi connectivity index (χ4v) is 3.66. The van der Waals surface area contributed by atoms with Gasteiger partial charge >= 0.3 is 0 Å². The van der Waals surface area contributed by atoms with Crippen molar-refractivity contribution in [1.82, 2.24) is 39.4 Å². The second kappa shape index (κ2) is 7.63. The number of likely N-dealkylation sites (tertiary alicyclic amines) is 1. The lowest BCUT2D eigenvalue weighted by Gasteiger charge is -2.11. The topological polar surface area (TPSA) is 107 Å². The van der Waals surface area contributed by atoms with E-state index in [1.807, 2.05) is 44.7 Å². The van der Waals surface area contributed by atoms with E-state index in [4.69, 9.17) is 0 Å². The van der Waals surface area contributed by atoms with Crippen molar-refractivity contribution in [2.75, 3.05) is 18.9 Å². The van der Waals surface area contributed by atoms with E-state index in [1.54, 1.807) is 38.9 Å². The number of carbonyl (C=O) groups is 1. The van der Waals surface area contributed by atoms with Gasteiger partial charge < -0.3 is 10.2 Å². The van der Waals surface area contributed by atoms with Crippen molar-refractivity contribution < 1.29 is 4.79 Å². The molecular formula is C21H21N9O. The fourth-order valence-electron chi connectivity index (χ4n) is 3.66. The fraction of sp³-hybridized carbons (Fsp3) is 0.238. The number of likely N-dealkylation sites (N-methyl/N-ethyl adjacent to an activating group) is 1. The molecule has 0 spiro atoms. The highest BCUT2D eigenvalue weighted by Gasteiger charge is 2.30. The van der Waals surface area contributed by atoms with Crippen LogP contribution in [0.3, 0.4) is 0 Å². The van der Waals surface area contributed by atoms with Gasteiger partial charge in [0.25, 0.3) is 0 Å². The zero-order valence-corrected chi connectivity index (χ0v) is 17.2. The summed E-state index contributed by atoms with van der Waals surface area (Å²) in [6.45, 7) is 0.769. The Morgan fingerprint density at radius 1 is 1.10 bits per heavy atom. The molecule has 4 aromatic rings. The number of aromatic nitrogens is 7. The average Bonchev–Trinajstić information content (AvgIpc) is 3.50. The van der Waals surface area contributed by atoms with Gasteiger partial charge in [0, 0.05) is 69.3 Å². The van der Waals surface area contributed by atoms with Crippen LogP contribution in [0.25, 0.3) is 17.1 Å². The van der Waals surface area contributed by atoms with Crippen LogP contribution < -0.4 is 5.32 Å². The number of nitrogens with zero attached hydrogens (tertiary/aromatic N) is 8. The quantitative estimate of drug-likeness (QED) is 0.532. The normalized spacial score (nSPS) is 16.1. The zero-order valence-electron chi connectivity index (χ0n) is 17.2. The van der Waals surface area contributed by atoms with E-state index in [-0.39, 0.29) is 11.8 Å². The average molecular weight is 415 g/mol. The first kappa shape index (κ1) is 18.9. The number of rotatable bonds is 5. The van der Waals surface area contributed by atoms with E-state index in [0.717, 1.165) is 29.8 Å². The summed E-state index contributed by atoms with van der Waals surface area (Å²) < 4.78 is 3.38. The Kier molecular flexibility index (Phi) is 4.66. The van der Waals surface area contributed by atoms with Crippen molar-refractivity contribution >= 4 is 17.7 Å². The number of pyridine rings is 1. The molecule has 0 aromatic carbocycles. The van der Waals surface area contributed by atoms with Crippen LogP contribution in [-0.4, -0.2) is 58.9 Å². The molecule has 4 aromatic heterocycles. The van der Waals surface area contributed by atoms with Crippen LogP contribution >= 0.6 is 0 Å². The molecule has 1 N–H and O–H groups in total. The monoisotopic (exact) mass is 415 g/mol. The first-order valence-corrected chi connectivity index (χ1v) is 9.93. The van der Waals surface area contributed by atoms with Crippen LogP contribution in [0.1, 0.15) is 17.9 Å². The van der Waals surface area contributed by atoms with Crippen LogP contribution in [0.5, 0.6) is 0 Å².